The molecule has 4 rings (SSSR count). The van der Waals surface area contributed by atoms with Gasteiger partial charge >= 0.3 is 0 Å². The van der Waals surface area contributed by atoms with Gasteiger partial charge in [-0.25, -0.2) is 4.98 Å². The molecule has 1 aliphatic heterocycles. The van der Waals surface area contributed by atoms with Crippen molar-refractivity contribution in [3.63, 3.8) is 0 Å². The monoisotopic (exact) mass is 498 g/mol. The second-order valence-electron chi connectivity index (χ2n) is 7.96. The fourth-order valence-electron chi connectivity index (χ4n) is 3.97. The third kappa shape index (κ3) is 4.48. The number of halogens is 2. The predicted octanol–water partition coefficient (Wildman–Crippen LogP) is 6.20. The zero-order valence-corrected chi connectivity index (χ0v) is 20.2. The standard InChI is InChI=1S/C25H24BrClN2O2/c1-15-11-17(3)28-24(31-14-18-7-5-4-6-8-18)20(15)13-29-10-9-19-21(26)12-16(2)23(27)22(19)25(29)30/h4-8,11-12H,9-10,13-14H2,1-3H3. The van der Waals surface area contributed by atoms with E-state index in [-0.39, 0.29) is 5.91 Å². The van der Waals surface area contributed by atoms with E-state index in [0.29, 0.717) is 36.2 Å². The predicted molar refractivity (Wildman–Crippen MR) is 127 cm³/mol. The Bertz CT molecular complexity index is 1150. The van der Waals surface area contributed by atoms with Crippen LogP contribution in [0.3, 0.4) is 0 Å². The summed E-state index contributed by atoms with van der Waals surface area (Å²) < 4.78 is 7.05. The van der Waals surface area contributed by atoms with E-state index in [2.05, 4.69) is 20.9 Å². The maximum atomic E-state index is 13.4. The lowest BCUT2D eigenvalue weighted by Crippen LogP contribution is -2.38. The van der Waals surface area contributed by atoms with Crippen LogP contribution in [0, 0.1) is 20.8 Å². The normalized spacial score (nSPS) is 13.3. The van der Waals surface area contributed by atoms with E-state index in [1.165, 1.54) is 0 Å². The average Bonchev–Trinajstić information content (AvgIpc) is 2.74. The molecule has 4 nitrogen and oxygen atoms in total. The Kier molecular flexibility index (Phi) is 6.35. The number of pyridine rings is 1. The Balaban J connectivity index is 1.63. The lowest BCUT2D eigenvalue weighted by molar-refractivity contribution is 0.0724. The third-order valence-electron chi connectivity index (χ3n) is 5.64. The van der Waals surface area contributed by atoms with Crippen molar-refractivity contribution in [2.45, 2.75) is 40.3 Å². The Hall–Kier alpha value is -2.37. The first-order valence-corrected chi connectivity index (χ1v) is 11.4. The van der Waals surface area contributed by atoms with Gasteiger partial charge in [0.05, 0.1) is 17.1 Å². The van der Waals surface area contributed by atoms with Crippen molar-refractivity contribution >= 4 is 33.4 Å². The van der Waals surface area contributed by atoms with Gasteiger partial charge in [-0.15, -0.1) is 0 Å². The van der Waals surface area contributed by atoms with E-state index in [1.54, 1.807) is 0 Å². The van der Waals surface area contributed by atoms with E-state index < -0.39 is 0 Å². The molecule has 0 spiro atoms. The Morgan fingerprint density at radius 2 is 1.87 bits per heavy atom. The molecular weight excluding hydrogens is 476 g/mol. The van der Waals surface area contributed by atoms with Gasteiger partial charge in [-0.3, -0.25) is 4.79 Å². The summed E-state index contributed by atoms with van der Waals surface area (Å²) in [6.45, 7) is 7.39. The summed E-state index contributed by atoms with van der Waals surface area (Å²) in [5.74, 6) is 0.529. The summed E-state index contributed by atoms with van der Waals surface area (Å²) in [5.41, 5.74) is 6.43. The second-order valence-corrected chi connectivity index (χ2v) is 9.19. The van der Waals surface area contributed by atoms with Crippen molar-refractivity contribution in [1.82, 2.24) is 9.88 Å². The van der Waals surface area contributed by atoms with E-state index >= 15 is 0 Å². The zero-order valence-electron chi connectivity index (χ0n) is 17.8. The zero-order chi connectivity index (χ0) is 22.1. The van der Waals surface area contributed by atoms with Gasteiger partial charge in [0.1, 0.15) is 6.61 Å². The Morgan fingerprint density at radius 3 is 2.61 bits per heavy atom. The van der Waals surface area contributed by atoms with Crippen LogP contribution in [0.2, 0.25) is 5.02 Å². The van der Waals surface area contributed by atoms with Gasteiger partial charge in [0.15, 0.2) is 0 Å². The van der Waals surface area contributed by atoms with Gasteiger partial charge in [-0.05, 0) is 61.6 Å². The van der Waals surface area contributed by atoms with Crippen LogP contribution >= 0.6 is 27.5 Å². The van der Waals surface area contributed by atoms with Crippen LogP contribution in [0.4, 0.5) is 0 Å². The van der Waals surface area contributed by atoms with Gasteiger partial charge in [0, 0.05) is 22.3 Å². The second kappa shape index (κ2) is 9.01. The lowest BCUT2D eigenvalue weighted by Gasteiger charge is -2.31. The molecule has 0 unspecified atom stereocenters. The molecule has 1 aliphatic rings. The van der Waals surface area contributed by atoms with Gasteiger partial charge < -0.3 is 9.64 Å². The minimum absolute atomic E-state index is 0.0513. The number of aromatic nitrogens is 1. The summed E-state index contributed by atoms with van der Waals surface area (Å²) >= 11 is 10.1. The molecule has 3 aromatic rings. The van der Waals surface area contributed by atoms with Crippen molar-refractivity contribution < 1.29 is 9.53 Å². The van der Waals surface area contributed by atoms with E-state index in [1.807, 2.05) is 68.1 Å². The molecule has 31 heavy (non-hydrogen) atoms. The van der Waals surface area contributed by atoms with Crippen molar-refractivity contribution in [1.29, 1.82) is 0 Å². The fraction of sp³-hybridized carbons (Fsp3) is 0.280. The third-order valence-corrected chi connectivity index (χ3v) is 6.83. The first kappa shape index (κ1) is 21.8. The Morgan fingerprint density at radius 1 is 1.13 bits per heavy atom. The van der Waals surface area contributed by atoms with Crippen molar-refractivity contribution in [2.75, 3.05) is 6.54 Å². The summed E-state index contributed by atoms with van der Waals surface area (Å²) in [7, 11) is 0. The molecule has 0 radical (unpaired) electrons. The van der Waals surface area contributed by atoms with Crippen LogP contribution in [0.1, 0.15) is 43.9 Å². The first-order chi connectivity index (χ1) is 14.8. The van der Waals surface area contributed by atoms with E-state index in [4.69, 9.17) is 16.3 Å². The van der Waals surface area contributed by atoms with Crippen LogP contribution in [0.15, 0.2) is 46.9 Å². The lowest BCUT2D eigenvalue weighted by atomic mass is 9.96. The molecule has 0 saturated carbocycles. The number of rotatable bonds is 5. The molecule has 0 fully saturated rings. The van der Waals surface area contributed by atoms with Gasteiger partial charge in [0.25, 0.3) is 5.91 Å². The number of carbonyl (C=O) groups excluding carboxylic acids is 1. The molecule has 0 bridgehead atoms. The van der Waals surface area contributed by atoms with Crippen LogP contribution in [0.5, 0.6) is 5.88 Å². The average molecular weight is 500 g/mol. The highest BCUT2D eigenvalue weighted by Gasteiger charge is 2.30. The fourth-order valence-corrected chi connectivity index (χ4v) is 4.96. The van der Waals surface area contributed by atoms with E-state index in [0.717, 1.165) is 44.4 Å². The molecule has 2 heterocycles. The smallest absolute Gasteiger partial charge is 0.256 e. The minimum Gasteiger partial charge on any atom is -0.473 e. The largest absolute Gasteiger partial charge is 0.473 e. The molecule has 0 N–H and O–H groups in total. The molecule has 6 heteroatoms. The van der Waals surface area contributed by atoms with Crippen molar-refractivity contribution in [3.8, 4) is 5.88 Å². The number of carbonyl (C=O) groups is 1. The molecule has 160 valence electrons. The Labute approximate surface area is 196 Å². The number of hydrogen-bond donors (Lipinski definition) is 0. The molecule has 0 atom stereocenters. The number of ether oxygens (including phenoxy) is 1. The summed E-state index contributed by atoms with van der Waals surface area (Å²) in [6.07, 6.45) is 0.750. The molecule has 0 saturated heterocycles. The van der Waals surface area contributed by atoms with Gasteiger partial charge in [-0.1, -0.05) is 57.9 Å². The van der Waals surface area contributed by atoms with Gasteiger partial charge in [0.2, 0.25) is 5.88 Å². The maximum Gasteiger partial charge on any atom is 0.256 e. The highest BCUT2D eigenvalue weighted by molar-refractivity contribution is 9.10. The van der Waals surface area contributed by atoms with Crippen LogP contribution in [-0.2, 0) is 19.6 Å². The SMILES string of the molecule is Cc1cc(C)c(CN2CCc3c(Br)cc(C)c(Cl)c3C2=O)c(OCc2ccccc2)n1. The highest BCUT2D eigenvalue weighted by atomic mass is 79.9. The number of nitrogens with zero attached hydrogens (tertiary/aromatic N) is 2. The van der Waals surface area contributed by atoms with Crippen LogP contribution < -0.4 is 4.74 Å². The van der Waals surface area contributed by atoms with Crippen LogP contribution in [-0.4, -0.2) is 22.3 Å². The van der Waals surface area contributed by atoms with Crippen LogP contribution in [0.25, 0.3) is 0 Å². The summed E-state index contributed by atoms with van der Waals surface area (Å²) in [5, 5.41) is 0.534. The van der Waals surface area contributed by atoms with Gasteiger partial charge in [-0.2, -0.15) is 0 Å². The number of aryl methyl sites for hydroxylation is 3. The quantitative estimate of drug-likeness (QED) is 0.420. The summed E-state index contributed by atoms with van der Waals surface area (Å²) in [6, 6.07) is 14.0. The molecule has 2 aromatic carbocycles. The summed E-state index contributed by atoms with van der Waals surface area (Å²) in [4.78, 5) is 19.9. The number of benzene rings is 2. The topological polar surface area (TPSA) is 42.4 Å². The van der Waals surface area contributed by atoms with E-state index in [9.17, 15) is 4.79 Å². The first-order valence-electron chi connectivity index (χ1n) is 10.3. The molecule has 1 amide bonds. The minimum atomic E-state index is -0.0513. The number of hydrogen-bond acceptors (Lipinski definition) is 3. The van der Waals surface area contributed by atoms with Crippen molar-refractivity contribution in [3.05, 3.63) is 91.0 Å². The highest BCUT2D eigenvalue weighted by Crippen LogP contribution is 2.35. The number of amides is 1. The molecule has 1 aromatic heterocycles. The number of fused-ring (bicyclic) bond motifs is 1. The van der Waals surface area contributed by atoms with Crippen molar-refractivity contribution in [2.24, 2.45) is 0 Å². The maximum absolute atomic E-state index is 13.4. The molecular formula is C25H24BrClN2O2. The molecule has 0 aliphatic carbocycles.